The minimum atomic E-state index is -5.17. The van der Waals surface area contributed by atoms with Gasteiger partial charge in [-0.15, -0.1) is 0 Å². The highest BCUT2D eigenvalue weighted by molar-refractivity contribution is 5.97. The number of hydrogen-bond acceptors (Lipinski definition) is 4. The molecule has 0 aliphatic carbocycles. The van der Waals surface area contributed by atoms with Gasteiger partial charge < -0.3 is 10.6 Å². The van der Waals surface area contributed by atoms with Crippen molar-refractivity contribution >= 4 is 28.9 Å². The van der Waals surface area contributed by atoms with Crippen LogP contribution in [0.2, 0.25) is 0 Å². The topological polar surface area (TPSA) is 101 Å². The third-order valence-electron chi connectivity index (χ3n) is 3.84. The van der Waals surface area contributed by atoms with Crippen molar-refractivity contribution in [3.63, 3.8) is 0 Å². The number of rotatable bonds is 6. The van der Waals surface area contributed by atoms with Crippen LogP contribution in [0.15, 0.2) is 48.5 Å². The molecular formula is C18H16F3N3O4. The molecule has 10 heteroatoms. The molecule has 0 aliphatic heterocycles. The van der Waals surface area contributed by atoms with Crippen LogP contribution in [-0.2, 0) is 9.59 Å². The highest BCUT2D eigenvalue weighted by atomic mass is 19.4. The van der Waals surface area contributed by atoms with Gasteiger partial charge in [0.15, 0.2) is 0 Å². The lowest BCUT2D eigenvalue weighted by atomic mass is 9.96. The molecule has 148 valence electrons. The minimum absolute atomic E-state index is 0.000303. The molecule has 0 saturated carbocycles. The van der Waals surface area contributed by atoms with Crippen molar-refractivity contribution in [2.45, 2.75) is 25.4 Å². The number of amides is 2. The number of nitro groups is 1. The van der Waals surface area contributed by atoms with E-state index in [0.717, 1.165) is 12.1 Å². The summed E-state index contributed by atoms with van der Waals surface area (Å²) in [4.78, 5) is 33.4. The van der Waals surface area contributed by atoms with Crippen molar-refractivity contribution in [2.24, 2.45) is 0 Å². The van der Waals surface area contributed by atoms with Crippen LogP contribution in [0.5, 0.6) is 0 Å². The summed E-state index contributed by atoms with van der Waals surface area (Å²) in [5.41, 5.74) is -0.293. The predicted octanol–water partition coefficient (Wildman–Crippen LogP) is 4.23. The summed E-state index contributed by atoms with van der Waals surface area (Å²) in [6.45, 7) is 1.65. The molecule has 2 amide bonds. The Morgan fingerprint density at radius 2 is 1.75 bits per heavy atom. The average Bonchev–Trinajstić information content (AvgIpc) is 2.61. The van der Waals surface area contributed by atoms with Crippen LogP contribution < -0.4 is 10.6 Å². The molecular weight excluding hydrogens is 379 g/mol. The number of carbonyl (C=O) groups excluding carboxylic acids is 2. The molecule has 0 heterocycles. The molecule has 28 heavy (non-hydrogen) atoms. The quantitative estimate of drug-likeness (QED) is 0.565. The van der Waals surface area contributed by atoms with E-state index in [0.29, 0.717) is 11.3 Å². The van der Waals surface area contributed by atoms with E-state index in [9.17, 15) is 32.9 Å². The third kappa shape index (κ3) is 5.53. The maximum absolute atomic E-state index is 12.4. The molecule has 1 unspecified atom stereocenters. The fourth-order valence-electron chi connectivity index (χ4n) is 2.43. The Bertz CT molecular complexity index is 885. The Kier molecular flexibility index (Phi) is 6.34. The highest BCUT2D eigenvalue weighted by Crippen LogP contribution is 2.31. The van der Waals surface area contributed by atoms with E-state index >= 15 is 0 Å². The van der Waals surface area contributed by atoms with E-state index in [-0.39, 0.29) is 12.3 Å². The van der Waals surface area contributed by atoms with Gasteiger partial charge in [0, 0.05) is 18.2 Å². The predicted molar refractivity (Wildman–Crippen MR) is 95.9 cm³/mol. The highest BCUT2D eigenvalue weighted by Gasteiger charge is 2.39. The zero-order valence-corrected chi connectivity index (χ0v) is 14.6. The monoisotopic (exact) mass is 395 g/mol. The van der Waals surface area contributed by atoms with E-state index < -0.39 is 34.3 Å². The summed E-state index contributed by atoms with van der Waals surface area (Å²) >= 11 is 0. The van der Waals surface area contributed by atoms with Gasteiger partial charge in [0.1, 0.15) is 5.69 Å². The van der Waals surface area contributed by atoms with Crippen molar-refractivity contribution in [1.29, 1.82) is 0 Å². The smallest absolute Gasteiger partial charge is 0.326 e. The van der Waals surface area contributed by atoms with Gasteiger partial charge in [0.05, 0.1) is 4.92 Å². The maximum atomic E-state index is 12.4. The number of hydrogen-bond donors (Lipinski definition) is 2. The van der Waals surface area contributed by atoms with Gasteiger partial charge in [-0.25, -0.2) is 0 Å². The minimum Gasteiger partial charge on any atom is -0.326 e. The van der Waals surface area contributed by atoms with Crippen LogP contribution in [0.4, 0.5) is 30.2 Å². The molecule has 0 spiro atoms. The first-order chi connectivity index (χ1) is 13.1. The zero-order chi connectivity index (χ0) is 20.9. The normalized spacial score (nSPS) is 12.1. The van der Waals surface area contributed by atoms with Gasteiger partial charge in [-0.2, -0.15) is 13.2 Å². The number of halogens is 3. The lowest BCUT2D eigenvalue weighted by Gasteiger charge is -2.14. The molecule has 1 atom stereocenters. The van der Waals surface area contributed by atoms with Gasteiger partial charge in [-0.05, 0) is 29.7 Å². The van der Waals surface area contributed by atoms with Crippen LogP contribution >= 0.6 is 0 Å². The van der Waals surface area contributed by atoms with Crippen molar-refractivity contribution in [3.8, 4) is 0 Å². The number of nitrogens with one attached hydrogen (secondary N) is 2. The van der Waals surface area contributed by atoms with Gasteiger partial charge in [-0.1, -0.05) is 31.2 Å². The summed E-state index contributed by atoms with van der Waals surface area (Å²) in [7, 11) is 0. The maximum Gasteiger partial charge on any atom is 0.471 e. The van der Waals surface area contributed by atoms with Gasteiger partial charge in [0.2, 0.25) is 5.91 Å². The number of benzene rings is 2. The molecule has 2 aromatic carbocycles. The first-order valence-electron chi connectivity index (χ1n) is 8.09. The van der Waals surface area contributed by atoms with E-state index in [2.05, 4.69) is 5.32 Å². The van der Waals surface area contributed by atoms with E-state index in [1.165, 1.54) is 11.4 Å². The summed E-state index contributed by atoms with van der Waals surface area (Å²) in [6, 6.07) is 12.1. The fraction of sp³-hybridized carbons (Fsp3) is 0.222. The number of para-hydroxylation sites is 1. The fourth-order valence-corrected chi connectivity index (χ4v) is 2.43. The summed E-state index contributed by atoms with van der Waals surface area (Å²) in [5.74, 6) is -3.08. The number of nitro benzene ring substituents is 1. The van der Waals surface area contributed by atoms with Crippen LogP contribution in [0.3, 0.4) is 0 Å². The standard InChI is InChI=1S/C18H16F3N3O4/c1-11(9-16(25)22-13-5-3-2-4-6-13)12-7-8-14(15(10-12)24(27)28)23-17(26)18(19,20)21/h2-8,10-11H,9H2,1H3,(H,22,25)(H,23,26). The van der Waals surface area contributed by atoms with E-state index in [1.807, 2.05) is 0 Å². The van der Waals surface area contributed by atoms with Crippen LogP contribution in [-0.4, -0.2) is 22.9 Å². The Hall–Kier alpha value is -3.43. The third-order valence-corrected chi connectivity index (χ3v) is 3.84. The van der Waals surface area contributed by atoms with Crippen LogP contribution in [0.25, 0.3) is 0 Å². The van der Waals surface area contributed by atoms with E-state index in [1.54, 1.807) is 37.3 Å². The average molecular weight is 395 g/mol. The lowest BCUT2D eigenvalue weighted by Crippen LogP contribution is -2.30. The number of nitrogens with zero attached hydrogens (tertiary/aromatic N) is 1. The molecule has 0 bridgehead atoms. The van der Waals surface area contributed by atoms with Gasteiger partial charge in [0.25, 0.3) is 5.69 Å². The molecule has 0 aromatic heterocycles. The Labute approximate surface area is 157 Å². The van der Waals surface area contributed by atoms with Crippen molar-refractivity contribution < 1.29 is 27.7 Å². The molecule has 0 saturated heterocycles. The molecule has 2 N–H and O–H groups in total. The molecule has 2 rings (SSSR count). The zero-order valence-electron chi connectivity index (χ0n) is 14.6. The Morgan fingerprint density at radius 3 is 2.32 bits per heavy atom. The Balaban J connectivity index is 2.14. The Morgan fingerprint density at radius 1 is 1.11 bits per heavy atom. The van der Waals surface area contributed by atoms with Gasteiger partial charge in [-0.3, -0.25) is 19.7 Å². The summed E-state index contributed by atoms with van der Waals surface area (Å²) in [5, 5.41) is 15.4. The largest absolute Gasteiger partial charge is 0.471 e. The molecule has 0 fully saturated rings. The van der Waals surface area contributed by atoms with Crippen molar-refractivity contribution in [2.75, 3.05) is 10.6 Å². The number of anilines is 2. The van der Waals surface area contributed by atoms with Crippen LogP contribution in [0.1, 0.15) is 24.8 Å². The molecule has 0 aliphatic rings. The van der Waals surface area contributed by atoms with Crippen molar-refractivity contribution in [3.05, 3.63) is 64.2 Å². The second kappa shape index (κ2) is 8.51. The van der Waals surface area contributed by atoms with Crippen LogP contribution in [0, 0.1) is 10.1 Å². The van der Waals surface area contributed by atoms with Gasteiger partial charge >= 0.3 is 12.1 Å². The number of alkyl halides is 3. The first kappa shape index (κ1) is 20.9. The second-order valence-corrected chi connectivity index (χ2v) is 6.00. The second-order valence-electron chi connectivity index (χ2n) is 6.00. The molecule has 7 nitrogen and oxygen atoms in total. The molecule has 0 radical (unpaired) electrons. The number of carbonyl (C=O) groups is 2. The van der Waals surface area contributed by atoms with E-state index in [4.69, 9.17) is 0 Å². The summed E-state index contributed by atoms with van der Waals surface area (Å²) in [6.07, 6.45) is -5.17. The SMILES string of the molecule is CC(CC(=O)Nc1ccccc1)c1ccc(NC(=O)C(F)(F)F)c([N+](=O)[O-])c1. The van der Waals surface area contributed by atoms with Crippen molar-refractivity contribution in [1.82, 2.24) is 0 Å². The summed E-state index contributed by atoms with van der Waals surface area (Å²) < 4.78 is 37.1. The molecule has 2 aromatic rings. The lowest BCUT2D eigenvalue weighted by molar-refractivity contribution is -0.384. The first-order valence-corrected chi connectivity index (χ1v) is 8.09.